The van der Waals surface area contributed by atoms with Crippen LogP contribution in [0.3, 0.4) is 0 Å². The summed E-state index contributed by atoms with van der Waals surface area (Å²) in [6, 6.07) is 1.69. The van der Waals surface area contributed by atoms with Crippen LogP contribution in [0.15, 0.2) is 0 Å². The molecule has 18 heavy (non-hydrogen) atoms. The van der Waals surface area contributed by atoms with Crippen LogP contribution < -0.4 is 0 Å². The molecule has 0 spiro atoms. The lowest BCUT2D eigenvalue weighted by Gasteiger charge is -2.45. The Morgan fingerprint density at radius 3 is 2.67 bits per heavy atom. The van der Waals surface area contributed by atoms with Gasteiger partial charge in [0.1, 0.15) is 0 Å². The van der Waals surface area contributed by atoms with Gasteiger partial charge in [0.2, 0.25) is 0 Å². The minimum absolute atomic E-state index is 0.803. The zero-order valence-corrected chi connectivity index (χ0v) is 12.7. The smallest absolute Gasteiger partial charge is 0.0246 e. The third kappa shape index (κ3) is 3.48. The normalized spacial score (nSPS) is 30.0. The molecule has 2 unspecified atom stereocenters. The Labute approximate surface area is 114 Å². The first-order chi connectivity index (χ1) is 8.72. The molecule has 2 heteroatoms. The van der Waals surface area contributed by atoms with E-state index in [-0.39, 0.29) is 0 Å². The van der Waals surface area contributed by atoms with Gasteiger partial charge in [-0.05, 0) is 38.3 Å². The van der Waals surface area contributed by atoms with Crippen molar-refractivity contribution in [3.05, 3.63) is 0 Å². The van der Waals surface area contributed by atoms with Crippen molar-refractivity contribution in [1.82, 2.24) is 9.80 Å². The Morgan fingerprint density at radius 1 is 1.11 bits per heavy atom. The molecule has 0 aliphatic carbocycles. The monoisotopic (exact) mass is 252 g/mol. The van der Waals surface area contributed by atoms with Crippen molar-refractivity contribution in [2.45, 2.75) is 71.4 Å². The Morgan fingerprint density at radius 2 is 1.94 bits per heavy atom. The lowest BCUT2D eigenvalue weighted by molar-refractivity contribution is 0.0283. The average molecular weight is 252 g/mol. The van der Waals surface area contributed by atoms with Gasteiger partial charge in [-0.15, -0.1) is 0 Å². The van der Waals surface area contributed by atoms with Gasteiger partial charge in [0.05, 0.1) is 0 Å². The highest BCUT2D eigenvalue weighted by molar-refractivity contribution is 4.93. The van der Waals surface area contributed by atoms with E-state index in [1.807, 2.05) is 0 Å². The zero-order chi connectivity index (χ0) is 13.0. The summed E-state index contributed by atoms with van der Waals surface area (Å²) in [4.78, 5) is 5.57. The Hall–Kier alpha value is -0.0800. The van der Waals surface area contributed by atoms with Gasteiger partial charge >= 0.3 is 0 Å². The van der Waals surface area contributed by atoms with Crippen LogP contribution in [0, 0.1) is 5.92 Å². The van der Waals surface area contributed by atoms with Gasteiger partial charge in [-0.25, -0.2) is 0 Å². The van der Waals surface area contributed by atoms with Crippen LogP contribution in [-0.2, 0) is 0 Å². The predicted octanol–water partition coefficient (Wildman–Crippen LogP) is 3.37. The van der Waals surface area contributed by atoms with Crippen LogP contribution >= 0.6 is 0 Å². The van der Waals surface area contributed by atoms with E-state index in [9.17, 15) is 0 Å². The minimum Gasteiger partial charge on any atom is -0.298 e. The lowest BCUT2D eigenvalue weighted by Crippen LogP contribution is -2.57. The van der Waals surface area contributed by atoms with Gasteiger partial charge in [0.15, 0.2) is 0 Å². The van der Waals surface area contributed by atoms with Gasteiger partial charge < -0.3 is 0 Å². The quantitative estimate of drug-likeness (QED) is 0.669. The largest absolute Gasteiger partial charge is 0.298 e. The molecule has 2 atom stereocenters. The molecule has 2 saturated heterocycles. The summed E-state index contributed by atoms with van der Waals surface area (Å²) in [5.41, 5.74) is 0. The summed E-state index contributed by atoms with van der Waals surface area (Å²) in [5.74, 6) is 0.803. The highest BCUT2D eigenvalue weighted by Gasteiger charge is 2.36. The average Bonchev–Trinajstić information content (AvgIpc) is 2.80. The number of nitrogens with zero attached hydrogens (tertiary/aromatic N) is 2. The van der Waals surface area contributed by atoms with Gasteiger partial charge in [0, 0.05) is 25.2 Å². The van der Waals surface area contributed by atoms with E-state index in [0.717, 1.165) is 18.0 Å². The minimum atomic E-state index is 0.803. The summed E-state index contributed by atoms with van der Waals surface area (Å²) < 4.78 is 0. The van der Waals surface area contributed by atoms with Crippen LogP contribution in [-0.4, -0.2) is 48.1 Å². The number of rotatable bonds is 6. The molecule has 0 aromatic heterocycles. The SMILES string of the molecule is CCCCCCN1CC2CCCN2CC1C(C)C. The second kappa shape index (κ2) is 6.91. The lowest BCUT2D eigenvalue weighted by atomic mass is 9.97. The number of fused-ring (bicyclic) bond motifs is 1. The molecular weight excluding hydrogens is 220 g/mol. The van der Waals surface area contributed by atoms with Crippen LogP contribution in [0.1, 0.15) is 59.3 Å². The highest BCUT2D eigenvalue weighted by atomic mass is 15.3. The molecule has 0 N–H and O–H groups in total. The van der Waals surface area contributed by atoms with Crippen molar-refractivity contribution in [1.29, 1.82) is 0 Å². The fourth-order valence-corrected chi connectivity index (χ4v) is 3.74. The van der Waals surface area contributed by atoms with Crippen molar-refractivity contribution in [3.8, 4) is 0 Å². The molecule has 2 heterocycles. The van der Waals surface area contributed by atoms with Crippen molar-refractivity contribution in [2.24, 2.45) is 5.92 Å². The second-order valence-corrected chi connectivity index (χ2v) is 6.66. The molecule has 0 amide bonds. The fraction of sp³-hybridized carbons (Fsp3) is 1.00. The molecule has 2 rings (SSSR count). The van der Waals surface area contributed by atoms with E-state index in [1.54, 1.807) is 0 Å². The summed E-state index contributed by atoms with van der Waals surface area (Å²) in [6.45, 7) is 12.5. The molecule has 0 saturated carbocycles. The fourth-order valence-electron chi connectivity index (χ4n) is 3.74. The number of hydrogen-bond donors (Lipinski definition) is 0. The predicted molar refractivity (Wildman–Crippen MR) is 78.9 cm³/mol. The molecule has 2 fully saturated rings. The first kappa shape index (κ1) is 14.3. The third-order valence-electron chi connectivity index (χ3n) is 4.90. The van der Waals surface area contributed by atoms with E-state index < -0.39 is 0 Å². The van der Waals surface area contributed by atoms with Crippen LogP contribution in [0.5, 0.6) is 0 Å². The Kier molecular flexibility index (Phi) is 5.50. The Bertz CT molecular complexity index is 239. The molecule has 106 valence electrons. The molecule has 0 bridgehead atoms. The van der Waals surface area contributed by atoms with Crippen molar-refractivity contribution < 1.29 is 0 Å². The van der Waals surface area contributed by atoms with E-state index in [0.29, 0.717) is 0 Å². The number of hydrogen-bond acceptors (Lipinski definition) is 2. The maximum atomic E-state index is 2.81. The van der Waals surface area contributed by atoms with Gasteiger partial charge in [-0.3, -0.25) is 9.80 Å². The first-order valence-corrected chi connectivity index (χ1v) is 8.20. The van der Waals surface area contributed by atoms with E-state index in [4.69, 9.17) is 0 Å². The van der Waals surface area contributed by atoms with Crippen LogP contribution in [0.2, 0.25) is 0 Å². The van der Waals surface area contributed by atoms with E-state index in [1.165, 1.54) is 64.7 Å². The summed E-state index contributed by atoms with van der Waals surface area (Å²) in [7, 11) is 0. The summed E-state index contributed by atoms with van der Waals surface area (Å²) >= 11 is 0. The van der Waals surface area contributed by atoms with Crippen molar-refractivity contribution in [3.63, 3.8) is 0 Å². The topological polar surface area (TPSA) is 6.48 Å². The molecule has 2 nitrogen and oxygen atoms in total. The first-order valence-electron chi connectivity index (χ1n) is 8.20. The van der Waals surface area contributed by atoms with E-state index in [2.05, 4.69) is 30.6 Å². The molecule has 2 aliphatic heterocycles. The van der Waals surface area contributed by atoms with Crippen LogP contribution in [0.25, 0.3) is 0 Å². The second-order valence-electron chi connectivity index (χ2n) is 6.66. The maximum Gasteiger partial charge on any atom is 0.0246 e. The van der Waals surface area contributed by atoms with E-state index >= 15 is 0 Å². The van der Waals surface area contributed by atoms with Gasteiger partial charge in [-0.1, -0.05) is 40.0 Å². The number of unbranched alkanes of at least 4 members (excludes halogenated alkanes) is 3. The third-order valence-corrected chi connectivity index (χ3v) is 4.90. The molecular formula is C16H32N2. The molecule has 0 aromatic carbocycles. The summed E-state index contributed by atoms with van der Waals surface area (Å²) in [5, 5.41) is 0. The molecule has 0 aromatic rings. The molecule has 2 aliphatic rings. The zero-order valence-electron chi connectivity index (χ0n) is 12.7. The summed E-state index contributed by atoms with van der Waals surface area (Å²) in [6.07, 6.45) is 8.46. The maximum absolute atomic E-state index is 2.81. The van der Waals surface area contributed by atoms with Gasteiger partial charge in [0.25, 0.3) is 0 Å². The van der Waals surface area contributed by atoms with Crippen LogP contribution in [0.4, 0.5) is 0 Å². The molecule has 0 radical (unpaired) electrons. The number of piperazine rings is 1. The highest BCUT2D eigenvalue weighted by Crippen LogP contribution is 2.27. The van der Waals surface area contributed by atoms with Crippen molar-refractivity contribution in [2.75, 3.05) is 26.2 Å². The van der Waals surface area contributed by atoms with Crippen molar-refractivity contribution >= 4 is 0 Å². The standard InChI is InChI=1S/C16H32N2/c1-4-5-6-7-10-18-12-15-9-8-11-17(15)13-16(18)14(2)3/h14-16H,4-13H2,1-3H3. The Balaban J connectivity index is 1.84. The van der Waals surface area contributed by atoms with Gasteiger partial charge in [-0.2, -0.15) is 0 Å².